The number of hydrogen-bond acceptors (Lipinski definition) is 3. The molecule has 0 radical (unpaired) electrons. The third kappa shape index (κ3) is 4.41. The number of carbonyl (C=O) groups is 1. The second-order valence-corrected chi connectivity index (χ2v) is 4.98. The highest BCUT2D eigenvalue weighted by molar-refractivity contribution is 5.94. The van der Waals surface area contributed by atoms with Gasteiger partial charge in [0, 0.05) is 13.1 Å². The highest BCUT2D eigenvalue weighted by atomic mass is 19.4. The molecule has 2 aromatic rings. The van der Waals surface area contributed by atoms with Crippen LogP contribution in [0.25, 0.3) is 5.57 Å². The van der Waals surface area contributed by atoms with E-state index >= 15 is 0 Å². The van der Waals surface area contributed by atoms with Crippen LogP contribution in [0.2, 0.25) is 0 Å². The van der Waals surface area contributed by atoms with Gasteiger partial charge in [-0.25, -0.2) is 0 Å². The molecule has 1 amide bonds. The predicted molar refractivity (Wildman–Crippen MR) is 77.9 cm³/mol. The summed E-state index contributed by atoms with van der Waals surface area (Å²) in [4.78, 5) is 11.8. The van der Waals surface area contributed by atoms with E-state index in [0.717, 1.165) is 12.1 Å². The van der Waals surface area contributed by atoms with Gasteiger partial charge in [-0.3, -0.25) is 4.79 Å². The number of aryl methyl sites for hydroxylation is 1. The van der Waals surface area contributed by atoms with E-state index in [1.54, 1.807) is 18.5 Å². The predicted octanol–water partition coefficient (Wildman–Crippen LogP) is 2.55. The van der Waals surface area contributed by atoms with Gasteiger partial charge in [0.2, 0.25) is 5.91 Å². The minimum absolute atomic E-state index is 0.214. The second kappa shape index (κ2) is 6.64. The van der Waals surface area contributed by atoms with Crippen molar-refractivity contribution in [3.05, 3.63) is 53.6 Å². The molecule has 2 rings (SSSR count). The van der Waals surface area contributed by atoms with Crippen molar-refractivity contribution in [3.63, 3.8) is 0 Å². The molecule has 122 valence electrons. The number of aromatic nitrogens is 3. The van der Waals surface area contributed by atoms with Crippen molar-refractivity contribution in [1.29, 1.82) is 0 Å². The Hall–Kier alpha value is -2.64. The lowest BCUT2D eigenvalue weighted by Gasteiger charge is -2.08. The smallest absolute Gasteiger partial charge is 0.345 e. The summed E-state index contributed by atoms with van der Waals surface area (Å²) in [6.45, 7) is 1.87. The van der Waals surface area contributed by atoms with Crippen LogP contribution in [0.15, 0.2) is 36.7 Å². The number of carbonyl (C=O) groups excluding carboxylic acids is 1. The average molecular weight is 324 g/mol. The maximum Gasteiger partial charge on any atom is 0.416 e. The first kappa shape index (κ1) is 16.7. The number of hydrogen-bond donors (Lipinski definition) is 1. The van der Waals surface area contributed by atoms with Crippen molar-refractivity contribution in [2.24, 2.45) is 7.05 Å². The first-order chi connectivity index (χ1) is 10.8. The van der Waals surface area contributed by atoms with E-state index in [1.165, 1.54) is 24.5 Å². The van der Waals surface area contributed by atoms with Gasteiger partial charge in [-0.15, -0.1) is 10.2 Å². The van der Waals surface area contributed by atoms with Gasteiger partial charge in [0.15, 0.2) is 5.82 Å². The Morgan fingerprint density at radius 1 is 1.30 bits per heavy atom. The summed E-state index contributed by atoms with van der Waals surface area (Å²) in [5.41, 5.74) is 0.391. The lowest BCUT2D eigenvalue weighted by atomic mass is 10.0. The first-order valence-electron chi connectivity index (χ1n) is 6.74. The van der Waals surface area contributed by atoms with Crippen LogP contribution in [0.1, 0.15) is 23.9 Å². The minimum Gasteiger partial charge on any atom is -0.345 e. The van der Waals surface area contributed by atoms with Crippen LogP contribution in [0, 0.1) is 0 Å². The van der Waals surface area contributed by atoms with Crippen molar-refractivity contribution < 1.29 is 18.0 Å². The number of allylic oxidation sites excluding steroid dienone is 1. The number of halogens is 3. The van der Waals surface area contributed by atoms with Gasteiger partial charge >= 0.3 is 6.18 Å². The Labute approximate surface area is 130 Å². The van der Waals surface area contributed by atoms with Crippen LogP contribution >= 0.6 is 0 Å². The minimum atomic E-state index is -4.37. The molecular weight excluding hydrogens is 309 g/mol. The van der Waals surface area contributed by atoms with Gasteiger partial charge in [-0.2, -0.15) is 13.2 Å². The van der Waals surface area contributed by atoms with Crippen LogP contribution < -0.4 is 5.32 Å². The van der Waals surface area contributed by atoms with Crippen molar-refractivity contribution >= 4 is 11.5 Å². The lowest BCUT2D eigenvalue weighted by Crippen LogP contribution is -2.22. The fourth-order valence-electron chi connectivity index (χ4n) is 1.89. The van der Waals surface area contributed by atoms with E-state index in [1.807, 2.05) is 0 Å². The monoisotopic (exact) mass is 324 g/mol. The first-order valence-corrected chi connectivity index (χ1v) is 6.74. The zero-order valence-corrected chi connectivity index (χ0v) is 12.6. The quantitative estimate of drug-likeness (QED) is 0.879. The summed E-state index contributed by atoms with van der Waals surface area (Å²) in [6.07, 6.45) is -1.52. The van der Waals surface area contributed by atoms with Gasteiger partial charge in [0.1, 0.15) is 6.33 Å². The highest BCUT2D eigenvalue weighted by Crippen LogP contribution is 2.29. The van der Waals surface area contributed by atoms with Gasteiger partial charge in [-0.1, -0.05) is 12.1 Å². The van der Waals surface area contributed by atoms with E-state index in [-0.39, 0.29) is 12.5 Å². The van der Waals surface area contributed by atoms with Gasteiger partial charge in [0.25, 0.3) is 0 Å². The van der Waals surface area contributed by atoms with Gasteiger partial charge < -0.3 is 9.88 Å². The summed E-state index contributed by atoms with van der Waals surface area (Å²) < 4.78 is 39.2. The highest BCUT2D eigenvalue weighted by Gasteiger charge is 2.29. The summed E-state index contributed by atoms with van der Waals surface area (Å²) in [5, 5.41) is 10.2. The topological polar surface area (TPSA) is 59.8 Å². The summed E-state index contributed by atoms with van der Waals surface area (Å²) in [7, 11) is 1.75. The molecule has 0 atom stereocenters. The van der Waals surface area contributed by atoms with E-state index in [9.17, 15) is 18.0 Å². The third-order valence-corrected chi connectivity index (χ3v) is 3.24. The molecule has 0 fully saturated rings. The van der Waals surface area contributed by atoms with Crippen LogP contribution in [0.4, 0.5) is 13.2 Å². The maximum atomic E-state index is 12.5. The summed E-state index contributed by atoms with van der Waals surface area (Å²) in [5.74, 6) is 0.240. The number of amides is 1. The molecule has 0 saturated carbocycles. The van der Waals surface area contributed by atoms with Gasteiger partial charge in [0.05, 0.1) is 12.1 Å². The Balaban J connectivity index is 2.01. The maximum absolute atomic E-state index is 12.5. The van der Waals surface area contributed by atoms with E-state index < -0.39 is 11.7 Å². The average Bonchev–Trinajstić information content (AvgIpc) is 2.89. The lowest BCUT2D eigenvalue weighted by molar-refractivity contribution is -0.137. The van der Waals surface area contributed by atoms with Gasteiger partial charge in [-0.05, 0) is 30.2 Å². The largest absolute Gasteiger partial charge is 0.416 e. The molecule has 1 aromatic carbocycles. The molecular formula is C15H15F3N4O. The van der Waals surface area contributed by atoms with Crippen LogP contribution in [-0.2, 0) is 24.6 Å². The number of nitrogens with zero attached hydrogens (tertiary/aromatic N) is 3. The molecule has 1 N–H and O–H groups in total. The zero-order valence-electron chi connectivity index (χ0n) is 12.6. The molecule has 23 heavy (non-hydrogen) atoms. The molecule has 0 bridgehead atoms. The van der Waals surface area contributed by atoms with Crippen molar-refractivity contribution in [1.82, 2.24) is 20.1 Å². The Bertz CT molecular complexity index is 717. The fourth-order valence-corrected chi connectivity index (χ4v) is 1.89. The number of nitrogens with one attached hydrogen (secondary N) is 1. The van der Waals surface area contributed by atoms with E-state index in [2.05, 4.69) is 15.5 Å². The molecule has 5 nitrogen and oxygen atoms in total. The summed E-state index contributed by atoms with van der Waals surface area (Å²) in [6, 6.07) is 4.66. The Morgan fingerprint density at radius 3 is 2.48 bits per heavy atom. The molecule has 0 aliphatic heterocycles. The molecule has 0 spiro atoms. The van der Waals surface area contributed by atoms with Crippen LogP contribution in [-0.4, -0.2) is 20.7 Å². The molecule has 0 aliphatic rings. The zero-order chi connectivity index (χ0) is 17.0. The number of alkyl halides is 3. The molecule has 1 heterocycles. The molecule has 8 heteroatoms. The van der Waals surface area contributed by atoms with Crippen molar-refractivity contribution in [2.75, 3.05) is 0 Å². The second-order valence-electron chi connectivity index (χ2n) is 4.98. The number of rotatable bonds is 4. The summed E-state index contributed by atoms with van der Waals surface area (Å²) >= 11 is 0. The molecule has 0 aliphatic carbocycles. The Kier molecular flexibility index (Phi) is 4.83. The fraction of sp³-hybridized carbons (Fsp3) is 0.267. The number of benzene rings is 1. The van der Waals surface area contributed by atoms with Crippen LogP contribution in [0.3, 0.4) is 0 Å². The van der Waals surface area contributed by atoms with Crippen LogP contribution in [0.5, 0.6) is 0 Å². The van der Waals surface area contributed by atoms with E-state index in [4.69, 9.17) is 0 Å². The van der Waals surface area contributed by atoms with Crippen molar-refractivity contribution in [3.8, 4) is 0 Å². The SMILES string of the molecule is C/C(=C/C(=O)NCc1nncn1C)c1ccc(C(F)(F)F)cc1. The molecule has 1 aromatic heterocycles. The van der Waals surface area contributed by atoms with Crippen molar-refractivity contribution in [2.45, 2.75) is 19.6 Å². The Morgan fingerprint density at radius 2 is 1.96 bits per heavy atom. The molecule has 0 saturated heterocycles. The molecule has 0 unspecified atom stereocenters. The van der Waals surface area contributed by atoms with E-state index in [0.29, 0.717) is 17.0 Å². The normalized spacial score (nSPS) is 12.3. The standard InChI is InChI=1S/C15H15F3N4O/c1-10(11-3-5-12(6-4-11)15(16,17)18)7-14(23)19-8-13-21-20-9-22(13)2/h3-7,9H,8H2,1-2H3,(H,19,23)/b10-7-. The third-order valence-electron chi connectivity index (χ3n) is 3.24.